The smallest absolute Gasteiger partial charge is 0.133 e. The molecule has 5 nitrogen and oxygen atoms in total. The molecule has 27 heavy (non-hydrogen) atoms. The van der Waals surface area contributed by atoms with Crippen LogP contribution in [0.1, 0.15) is 16.7 Å². The number of nitrogens with zero attached hydrogens (tertiary/aromatic N) is 3. The molecule has 1 aliphatic heterocycles. The third-order valence-corrected chi connectivity index (χ3v) is 5.29. The Morgan fingerprint density at radius 2 is 2.04 bits per heavy atom. The number of likely N-dealkylation sites (N-methyl/N-ethyl adjacent to an activating group) is 1. The summed E-state index contributed by atoms with van der Waals surface area (Å²) in [5, 5.41) is 20.9. The summed E-state index contributed by atoms with van der Waals surface area (Å²) in [4.78, 5) is 2.14. The van der Waals surface area contributed by atoms with Gasteiger partial charge in [0.1, 0.15) is 11.2 Å². The molecule has 1 aliphatic rings. The molecule has 5 heteroatoms. The highest BCUT2D eigenvalue weighted by atomic mass is 16.3. The lowest BCUT2D eigenvalue weighted by Gasteiger charge is -2.40. The van der Waals surface area contributed by atoms with Crippen molar-refractivity contribution in [2.45, 2.75) is 12.1 Å². The second-order valence-electron chi connectivity index (χ2n) is 7.19. The molecule has 0 aliphatic carbocycles. The topological polar surface area (TPSA) is 62.4 Å². The monoisotopic (exact) mass is 357 g/mol. The van der Waals surface area contributed by atoms with Crippen LogP contribution in [0.4, 0.5) is 0 Å². The van der Waals surface area contributed by atoms with Gasteiger partial charge in [0.25, 0.3) is 0 Å². The molecule has 3 heterocycles. The molecule has 0 fully saturated rings. The number of β-amino-alcohol motifs (C(OH)–C–C–N with tert-alkyl or cyclic N) is 1. The van der Waals surface area contributed by atoms with Gasteiger partial charge in [-0.15, -0.1) is 0 Å². The van der Waals surface area contributed by atoms with Crippen LogP contribution in [-0.2, 0) is 12.1 Å². The van der Waals surface area contributed by atoms with Gasteiger partial charge >= 0.3 is 0 Å². The van der Waals surface area contributed by atoms with Crippen LogP contribution >= 0.6 is 0 Å². The number of rotatable bonds is 2. The molecule has 1 unspecified atom stereocenters. The Labute approximate surface area is 156 Å². The first-order chi connectivity index (χ1) is 13.1. The van der Waals surface area contributed by atoms with Crippen LogP contribution in [0.5, 0.6) is 0 Å². The largest absolute Gasteiger partial charge is 0.464 e. The van der Waals surface area contributed by atoms with Crippen LogP contribution < -0.4 is 0 Å². The van der Waals surface area contributed by atoms with E-state index in [1.165, 1.54) is 0 Å². The molecule has 0 saturated carbocycles. The summed E-state index contributed by atoms with van der Waals surface area (Å²) < 4.78 is 5.44. The maximum atomic E-state index is 11.7. The first-order valence-corrected chi connectivity index (χ1v) is 8.94. The molecule has 0 spiro atoms. The first kappa shape index (κ1) is 16.2. The zero-order chi connectivity index (χ0) is 18.4. The van der Waals surface area contributed by atoms with Crippen LogP contribution in [-0.4, -0.2) is 33.8 Å². The number of aliphatic hydroxyl groups is 1. The van der Waals surface area contributed by atoms with Gasteiger partial charge in [-0.1, -0.05) is 18.2 Å². The SMILES string of the molecule is CN1Cc2cc(-c3cccnn3)ccc2C(O)(c2ccc3occc3c2)C1. The zero-order valence-electron chi connectivity index (χ0n) is 15.0. The van der Waals surface area contributed by atoms with Crippen molar-refractivity contribution in [1.29, 1.82) is 0 Å². The highest BCUT2D eigenvalue weighted by Gasteiger charge is 2.38. The summed E-state index contributed by atoms with van der Waals surface area (Å²) in [5.74, 6) is 0. The van der Waals surface area contributed by atoms with Crippen LogP contribution in [0, 0.1) is 0 Å². The van der Waals surface area contributed by atoms with Gasteiger partial charge in [0.2, 0.25) is 0 Å². The lowest BCUT2D eigenvalue weighted by atomic mass is 9.79. The second-order valence-corrected chi connectivity index (χ2v) is 7.19. The average molecular weight is 357 g/mol. The fourth-order valence-corrected chi connectivity index (χ4v) is 4.04. The molecule has 1 N–H and O–H groups in total. The fourth-order valence-electron chi connectivity index (χ4n) is 4.04. The van der Waals surface area contributed by atoms with Gasteiger partial charge in [-0.3, -0.25) is 4.90 Å². The summed E-state index contributed by atoms with van der Waals surface area (Å²) in [6.07, 6.45) is 3.34. The van der Waals surface area contributed by atoms with E-state index in [4.69, 9.17) is 4.42 Å². The van der Waals surface area contributed by atoms with E-state index in [0.717, 1.165) is 45.5 Å². The van der Waals surface area contributed by atoms with E-state index in [2.05, 4.69) is 21.2 Å². The lowest BCUT2D eigenvalue weighted by Crippen LogP contribution is -2.44. The molecular weight excluding hydrogens is 338 g/mol. The summed E-state index contributed by atoms with van der Waals surface area (Å²) in [6, 6.07) is 17.8. The van der Waals surface area contributed by atoms with Gasteiger partial charge in [-0.05, 0) is 60.1 Å². The van der Waals surface area contributed by atoms with E-state index in [-0.39, 0.29) is 0 Å². The molecule has 2 aromatic heterocycles. The van der Waals surface area contributed by atoms with Gasteiger partial charge in [0, 0.05) is 30.2 Å². The fraction of sp³-hybridized carbons (Fsp3) is 0.182. The Balaban J connectivity index is 1.65. The molecule has 2 aromatic carbocycles. The van der Waals surface area contributed by atoms with Crippen molar-refractivity contribution in [3.05, 3.63) is 83.7 Å². The molecule has 0 amide bonds. The molecule has 0 bridgehead atoms. The maximum absolute atomic E-state index is 11.7. The molecule has 1 atom stereocenters. The maximum Gasteiger partial charge on any atom is 0.133 e. The van der Waals surface area contributed by atoms with Gasteiger partial charge in [-0.25, -0.2) is 0 Å². The minimum atomic E-state index is -1.07. The highest BCUT2D eigenvalue weighted by Crippen LogP contribution is 2.39. The van der Waals surface area contributed by atoms with E-state index < -0.39 is 5.60 Å². The van der Waals surface area contributed by atoms with E-state index >= 15 is 0 Å². The van der Waals surface area contributed by atoms with E-state index in [1.807, 2.05) is 55.6 Å². The van der Waals surface area contributed by atoms with Crippen molar-refractivity contribution >= 4 is 11.0 Å². The number of hydrogen-bond acceptors (Lipinski definition) is 5. The summed E-state index contributed by atoms with van der Waals surface area (Å²) in [6.45, 7) is 1.31. The predicted molar refractivity (Wildman–Crippen MR) is 103 cm³/mol. The molecule has 4 aromatic rings. The van der Waals surface area contributed by atoms with Crippen molar-refractivity contribution in [2.75, 3.05) is 13.6 Å². The zero-order valence-corrected chi connectivity index (χ0v) is 15.0. The molecule has 0 radical (unpaired) electrons. The number of hydrogen-bond donors (Lipinski definition) is 1. The molecule has 134 valence electrons. The van der Waals surface area contributed by atoms with E-state index in [1.54, 1.807) is 12.5 Å². The van der Waals surface area contributed by atoms with E-state index in [9.17, 15) is 5.11 Å². The van der Waals surface area contributed by atoms with Crippen LogP contribution in [0.15, 0.2) is 71.5 Å². The minimum Gasteiger partial charge on any atom is -0.464 e. The van der Waals surface area contributed by atoms with Gasteiger partial charge in [0.05, 0.1) is 12.0 Å². The highest BCUT2D eigenvalue weighted by molar-refractivity contribution is 5.78. The van der Waals surface area contributed by atoms with Gasteiger partial charge in [-0.2, -0.15) is 10.2 Å². The quantitative estimate of drug-likeness (QED) is 0.594. The number of aromatic nitrogens is 2. The Morgan fingerprint density at radius 1 is 1.11 bits per heavy atom. The normalized spacial score (nSPS) is 19.9. The first-order valence-electron chi connectivity index (χ1n) is 8.94. The van der Waals surface area contributed by atoms with Crippen molar-refractivity contribution in [2.24, 2.45) is 0 Å². The third kappa shape index (κ3) is 2.63. The summed E-state index contributed by atoms with van der Waals surface area (Å²) in [7, 11) is 2.03. The molecule has 0 saturated heterocycles. The molecule has 5 rings (SSSR count). The average Bonchev–Trinajstić information content (AvgIpc) is 3.16. The van der Waals surface area contributed by atoms with Crippen molar-refractivity contribution in [3.8, 4) is 11.3 Å². The standard InChI is InChI=1S/C22H19N3O2/c1-25-13-17-11-15(20-3-2-9-23-24-20)4-6-19(17)22(26,14-25)18-5-7-21-16(12-18)8-10-27-21/h2-12,26H,13-14H2,1H3. The van der Waals surface area contributed by atoms with Crippen LogP contribution in [0.25, 0.3) is 22.2 Å². The Bertz CT molecular complexity index is 1120. The molecular formula is C22H19N3O2. The van der Waals surface area contributed by atoms with Crippen molar-refractivity contribution in [1.82, 2.24) is 15.1 Å². The third-order valence-electron chi connectivity index (χ3n) is 5.29. The van der Waals surface area contributed by atoms with Crippen LogP contribution in [0.3, 0.4) is 0 Å². The summed E-state index contributed by atoms with van der Waals surface area (Å²) in [5.41, 5.74) is 4.50. The predicted octanol–water partition coefficient (Wildman–Crippen LogP) is 3.57. The van der Waals surface area contributed by atoms with E-state index in [0.29, 0.717) is 6.54 Å². The Hall–Kier alpha value is -3.02. The van der Waals surface area contributed by atoms with Crippen molar-refractivity contribution in [3.63, 3.8) is 0 Å². The lowest BCUT2D eigenvalue weighted by molar-refractivity contribution is 0.0284. The van der Waals surface area contributed by atoms with Crippen molar-refractivity contribution < 1.29 is 9.52 Å². The number of furan rings is 1. The Kier molecular flexibility index (Phi) is 3.60. The Morgan fingerprint density at radius 3 is 2.89 bits per heavy atom. The van der Waals surface area contributed by atoms with Crippen LogP contribution in [0.2, 0.25) is 0 Å². The summed E-state index contributed by atoms with van der Waals surface area (Å²) >= 11 is 0. The van der Waals surface area contributed by atoms with Gasteiger partial charge < -0.3 is 9.52 Å². The minimum absolute atomic E-state index is 0.536. The second kappa shape index (κ2) is 6.01. The van der Waals surface area contributed by atoms with Gasteiger partial charge in [0.15, 0.2) is 0 Å². The number of benzene rings is 2. The number of fused-ring (bicyclic) bond motifs is 2.